The highest BCUT2D eigenvalue weighted by atomic mass is 35.5. The summed E-state index contributed by atoms with van der Waals surface area (Å²) < 4.78 is 35.2. The van der Waals surface area contributed by atoms with Crippen LogP contribution in [-0.4, -0.2) is 38.8 Å². The number of anilines is 1. The quantitative estimate of drug-likeness (QED) is 0.200. The first-order chi connectivity index (χ1) is 18.6. The molecule has 4 rings (SSSR count). The molecule has 1 heterocycles. The maximum atomic E-state index is 13.5. The standard InChI is InChI=1S/C28H26Cl2N4O4S/c1-19-14-21(20(2)34(19)24-9-7-8-22(29)15-24)17-31-32-28(35)18-33(23-12-13-27(38-3)26(30)16-23)39(36,37)25-10-5-4-6-11-25/h4-17H,18H2,1-3H3,(H,32,35)/b31-17-. The average molecular weight is 586 g/mol. The number of sulfonamides is 1. The summed E-state index contributed by atoms with van der Waals surface area (Å²) in [7, 11) is -2.64. The molecule has 0 radical (unpaired) electrons. The van der Waals surface area contributed by atoms with Crippen molar-refractivity contribution in [2.24, 2.45) is 5.10 Å². The van der Waals surface area contributed by atoms with Crippen molar-refractivity contribution < 1.29 is 17.9 Å². The molecular formula is C28H26Cl2N4O4S. The van der Waals surface area contributed by atoms with E-state index in [0.717, 1.165) is 26.9 Å². The molecule has 0 aliphatic heterocycles. The van der Waals surface area contributed by atoms with E-state index in [1.165, 1.54) is 43.7 Å². The number of nitrogens with zero attached hydrogens (tertiary/aromatic N) is 3. The molecular weight excluding hydrogens is 559 g/mol. The number of carbonyl (C=O) groups is 1. The number of amides is 1. The van der Waals surface area contributed by atoms with Crippen LogP contribution in [-0.2, 0) is 14.8 Å². The molecule has 1 aromatic heterocycles. The minimum Gasteiger partial charge on any atom is -0.495 e. The van der Waals surface area contributed by atoms with Crippen LogP contribution in [0.25, 0.3) is 5.69 Å². The summed E-state index contributed by atoms with van der Waals surface area (Å²) in [6.07, 6.45) is 1.52. The molecule has 4 aromatic rings. The highest BCUT2D eigenvalue weighted by Crippen LogP contribution is 2.32. The number of nitrogens with one attached hydrogen (secondary N) is 1. The molecule has 0 bridgehead atoms. The fraction of sp³-hybridized carbons (Fsp3) is 0.143. The van der Waals surface area contributed by atoms with Gasteiger partial charge in [-0.2, -0.15) is 5.10 Å². The molecule has 0 aliphatic carbocycles. The van der Waals surface area contributed by atoms with Gasteiger partial charge in [0.1, 0.15) is 12.3 Å². The number of rotatable bonds is 9. The number of carbonyl (C=O) groups excluding carboxylic acids is 1. The van der Waals surface area contributed by atoms with E-state index in [9.17, 15) is 13.2 Å². The molecule has 0 unspecified atom stereocenters. The minimum atomic E-state index is -4.10. The van der Waals surface area contributed by atoms with E-state index < -0.39 is 22.5 Å². The topological polar surface area (TPSA) is 93.0 Å². The van der Waals surface area contributed by atoms with Crippen molar-refractivity contribution in [3.8, 4) is 11.4 Å². The number of methoxy groups -OCH3 is 1. The van der Waals surface area contributed by atoms with Gasteiger partial charge in [0, 0.05) is 27.7 Å². The molecule has 0 fully saturated rings. The van der Waals surface area contributed by atoms with Gasteiger partial charge < -0.3 is 9.30 Å². The number of hydrogen-bond acceptors (Lipinski definition) is 5. The Kier molecular flexibility index (Phi) is 8.64. The molecule has 11 heteroatoms. The monoisotopic (exact) mass is 584 g/mol. The summed E-state index contributed by atoms with van der Waals surface area (Å²) in [6, 6.07) is 21.7. The van der Waals surface area contributed by atoms with Crippen molar-refractivity contribution >= 4 is 51.0 Å². The number of ether oxygens (including phenoxy) is 1. The Morgan fingerprint density at radius 1 is 1.03 bits per heavy atom. The number of aromatic nitrogens is 1. The van der Waals surface area contributed by atoms with Crippen LogP contribution in [0, 0.1) is 13.8 Å². The average Bonchev–Trinajstić information content (AvgIpc) is 3.20. The molecule has 0 atom stereocenters. The van der Waals surface area contributed by atoms with E-state index in [1.54, 1.807) is 24.3 Å². The highest BCUT2D eigenvalue weighted by molar-refractivity contribution is 7.92. The Labute approximate surface area is 237 Å². The summed E-state index contributed by atoms with van der Waals surface area (Å²) in [5.41, 5.74) is 6.18. The Morgan fingerprint density at radius 3 is 2.44 bits per heavy atom. The zero-order chi connectivity index (χ0) is 28.2. The van der Waals surface area contributed by atoms with Crippen LogP contribution in [0.4, 0.5) is 5.69 Å². The third-order valence-electron chi connectivity index (χ3n) is 5.97. The molecule has 0 saturated carbocycles. The van der Waals surface area contributed by atoms with Crippen molar-refractivity contribution in [3.05, 3.63) is 106 Å². The van der Waals surface area contributed by atoms with Gasteiger partial charge in [-0.3, -0.25) is 9.10 Å². The zero-order valence-electron chi connectivity index (χ0n) is 21.4. The normalized spacial score (nSPS) is 11.5. The third-order valence-corrected chi connectivity index (χ3v) is 8.29. The summed E-state index contributed by atoms with van der Waals surface area (Å²) in [6.45, 7) is 3.35. The first-order valence-corrected chi connectivity index (χ1v) is 14.0. The molecule has 0 spiro atoms. The van der Waals surface area contributed by atoms with E-state index in [0.29, 0.717) is 10.8 Å². The summed E-state index contributed by atoms with van der Waals surface area (Å²) in [5, 5.41) is 4.91. The van der Waals surface area contributed by atoms with Crippen LogP contribution in [0.1, 0.15) is 17.0 Å². The van der Waals surface area contributed by atoms with Crippen LogP contribution < -0.4 is 14.5 Å². The van der Waals surface area contributed by atoms with Crippen LogP contribution in [0.3, 0.4) is 0 Å². The second-order valence-corrected chi connectivity index (χ2v) is 11.3. The lowest BCUT2D eigenvalue weighted by Gasteiger charge is -2.24. The van der Waals surface area contributed by atoms with Gasteiger partial charge in [-0.15, -0.1) is 0 Å². The fourth-order valence-corrected chi connectivity index (χ4v) is 5.99. The van der Waals surface area contributed by atoms with Gasteiger partial charge in [0.15, 0.2) is 0 Å². The van der Waals surface area contributed by atoms with Gasteiger partial charge in [0.05, 0.1) is 28.9 Å². The highest BCUT2D eigenvalue weighted by Gasteiger charge is 2.27. The van der Waals surface area contributed by atoms with E-state index in [4.69, 9.17) is 27.9 Å². The molecule has 1 N–H and O–H groups in total. The van der Waals surface area contributed by atoms with Crippen molar-refractivity contribution in [1.29, 1.82) is 0 Å². The maximum Gasteiger partial charge on any atom is 0.264 e. The predicted molar refractivity (Wildman–Crippen MR) is 155 cm³/mol. The number of halogens is 2. The molecule has 8 nitrogen and oxygen atoms in total. The van der Waals surface area contributed by atoms with Crippen molar-refractivity contribution in [1.82, 2.24) is 9.99 Å². The molecule has 202 valence electrons. The van der Waals surface area contributed by atoms with Crippen LogP contribution in [0.2, 0.25) is 10.0 Å². The predicted octanol–water partition coefficient (Wildman–Crippen LogP) is 5.76. The van der Waals surface area contributed by atoms with Crippen LogP contribution in [0.15, 0.2) is 88.9 Å². The molecule has 0 saturated heterocycles. The Balaban J connectivity index is 1.57. The number of hydrazone groups is 1. The van der Waals surface area contributed by atoms with Gasteiger partial charge in [0.25, 0.3) is 15.9 Å². The van der Waals surface area contributed by atoms with E-state index in [-0.39, 0.29) is 15.6 Å². The van der Waals surface area contributed by atoms with Crippen molar-refractivity contribution in [3.63, 3.8) is 0 Å². The summed E-state index contributed by atoms with van der Waals surface area (Å²) in [4.78, 5) is 12.9. The fourth-order valence-electron chi connectivity index (χ4n) is 4.12. The van der Waals surface area contributed by atoms with Crippen molar-refractivity contribution in [2.45, 2.75) is 18.7 Å². The first kappa shape index (κ1) is 28.2. The van der Waals surface area contributed by atoms with Crippen molar-refractivity contribution in [2.75, 3.05) is 18.0 Å². The second-order valence-electron chi connectivity index (χ2n) is 8.58. The lowest BCUT2D eigenvalue weighted by molar-refractivity contribution is -0.119. The van der Waals surface area contributed by atoms with Gasteiger partial charge in [-0.25, -0.2) is 13.8 Å². The van der Waals surface area contributed by atoms with Gasteiger partial charge in [-0.05, 0) is 68.4 Å². The zero-order valence-corrected chi connectivity index (χ0v) is 23.8. The largest absolute Gasteiger partial charge is 0.495 e. The van der Waals surface area contributed by atoms with Gasteiger partial charge >= 0.3 is 0 Å². The number of hydrogen-bond donors (Lipinski definition) is 1. The van der Waals surface area contributed by atoms with E-state index in [1.807, 2.05) is 42.7 Å². The molecule has 1 amide bonds. The second kappa shape index (κ2) is 11.9. The molecule has 0 aliphatic rings. The Bertz CT molecular complexity index is 1640. The SMILES string of the molecule is COc1ccc(N(CC(=O)N/N=C\c2cc(C)n(-c3cccc(Cl)c3)c2C)S(=O)(=O)c2ccccc2)cc1Cl. The van der Waals surface area contributed by atoms with E-state index in [2.05, 4.69) is 10.5 Å². The maximum absolute atomic E-state index is 13.5. The Morgan fingerprint density at radius 2 is 1.77 bits per heavy atom. The van der Waals surface area contributed by atoms with Gasteiger partial charge in [-0.1, -0.05) is 47.5 Å². The van der Waals surface area contributed by atoms with E-state index >= 15 is 0 Å². The minimum absolute atomic E-state index is 0.0293. The summed E-state index contributed by atoms with van der Waals surface area (Å²) in [5.74, 6) is -0.261. The van der Waals surface area contributed by atoms with Crippen LogP contribution in [0.5, 0.6) is 5.75 Å². The number of aryl methyl sites for hydroxylation is 1. The lowest BCUT2D eigenvalue weighted by atomic mass is 10.2. The smallest absolute Gasteiger partial charge is 0.264 e. The first-order valence-electron chi connectivity index (χ1n) is 11.8. The lowest BCUT2D eigenvalue weighted by Crippen LogP contribution is -2.39. The van der Waals surface area contributed by atoms with Gasteiger partial charge in [0.2, 0.25) is 0 Å². The molecule has 3 aromatic carbocycles. The number of benzene rings is 3. The summed E-state index contributed by atoms with van der Waals surface area (Å²) >= 11 is 12.4. The Hall–Kier alpha value is -3.79. The third kappa shape index (κ3) is 6.27. The molecule has 39 heavy (non-hydrogen) atoms. The van der Waals surface area contributed by atoms with Crippen LogP contribution >= 0.6 is 23.2 Å².